The lowest BCUT2D eigenvalue weighted by Gasteiger charge is -2.25. The Kier molecular flexibility index (Phi) is 7.05. The molecule has 0 aliphatic carbocycles. The smallest absolute Gasteiger partial charge is 0.230 e. The van der Waals surface area contributed by atoms with Gasteiger partial charge in [-0.2, -0.15) is 0 Å². The number of carbonyl (C=O) groups is 1. The van der Waals surface area contributed by atoms with Crippen LogP contribution in [0.3, 0.4) is 0 Å². The molecule has 0 aliphatic heterocycles. The van der Waals surface area contributed by atoms with Crippen LogP contribution in [-0.2, 0) is 4.79 Å². The molecular weight excluding hydrogens is 286 g/mol. The second-order valence-electron chi connectivity index (χ2n) is 5.84. The summed E-state index contributed by atoms with van der Waals surface area (Å²) < 4.78 is 5.09. The van der Waals surface area contributed by atoms with Gasteiger partial charge in [0.2, 0.25) is 5.91 Å². The summed E-state index contributed by atoms with van der Waals surface area (Å²) in [5, 5.41) is 12.9. The van der Waals surface area contributed by atoms with E-state index in [9.17, 15) is 9.90 Å². The van der Waals surface area contributed by atoms with Gasteiger partial charge in [0.1, 0.15) is 5.75 Å². The van der Waals surface area contributed by atoms with E-state index < -0.39 is 5.60 Å². The number of methoxy groups -OCH3 is 1. The number of hydrogen-bond acceptors (Lipinski definition) is 4. The Bertz CT molecular complexity index is 443. The molecule has 0 saturated carbocycles. The number of aliphatic hydroxyl groups is 1. The van der Waals surface area contributed by atoms with Gasteiger partial charge in [-0.15, -0.1) is 11.8 Å². The molecule has 118 valence electrons. The van der Waals surface area contributed by atoms with E-state index in [2.05, 4.69) is 19.2 Å². The van der Waals surface area contributed by atoms with Crippen molar-refractivity contribution < 1.29 is 14.6 Å². The van der Waals surface area contributed by atoms with Crippen molar-refractivity contribution in [1.29, 1.82) is 0 Å². The van der Waals surface area contributed by atoms with Gasteiger partial charge in [-0.25, -0.2) is 0 Å². The molecule has 0 bridgehead atoms. The van der Waals surface area contributed by atoms with Crippen molar-refractivity contribution in [2.75, 3.05) is 19.4 Å². The first-order valence-electron chi connectivity index (χ1n) is 7.08. The number of thioether (sulfide) groups is 1. The predicted octanol–water partition coefficient (Wildman–Crippen LogP) is 2.70. The fourth-order valence-corrected chi connectivity index (χ4v) is 2.84. The molecule has 5 heteroatoms. The average molecular weight is 311 g/mol. The minimum absolute atomic E-state index is 0.0696. The van der Waals surface area contributed by atoms with Gasteiger partial charge in [0.05, 0.1) is 18.5 Å². The highest BCUT2D eigenvalue weighted by Crippen LogP contribution is 2.21. The summed E-state index contributed by atoms with van der Waals surface area (Å²) in [6, 6.07) is 7.58. The van der Waals surface area contributed by atoms with Crippen LogP contribution in [0.25, 0.3) is 0 Å². The molecule has 0 fully saturated rings. The zero-order chi connectivity index (χ0) is 15.9. The normalized spacial score (nSPS) is 13.8. The van der Waals surface area contributed by atoms with Crippen molar-refractivity contribution in [3.05, 3.63) is 24.3 Å². The third-order valence-corrected chi connectivity index (χ3v) is 3.96. The minimum atomic E-state index is -0.853. The van der Waals surface area contributed by atoms with E-state index >= 15 is 0 Å². The van der Waals surface area contributed by atoms with Gasteiger partial charge >= 0.3 is 0 Å². The maximum absolute atomic E-state index is 11.8. The van der Waals surface area contributed by atoms with Crippen LogP contribution in [0.1, 0.15) is 27.2 Å². The molecule has 0 aromatic heterocycles. The van der Waals surface area contributed by atoms with E-state index in [0.717, 1.165) is 10.6 Å². The molecule has 1 amide bonds. The standard InChI is InChI=1S/C16H25NO3S/c1-12(2)9-16(3,19)11-17-15(18)10-21-14-7-5-13(20-4)6-8-14/h5-8,12,19H,9-11H2,1-4H3,(H,17,18). The van der Waals surface area contributed by atoms with Crippen molar-refractivity contribution in [2.45, 2.75) is 37.7 Å². The van der Waals surface area contributed by atoms with E-state index in [-0.39, 0.29) is 12.5 Å². The Morgan fingerprint density at radius 1 is 1.38 bits per heavy atom. The van der Waals surface area contributed by atoms with Gasteiger partial charge in [-0.3, -0.25) is 4.79 Å². The zero-order valence-electron chi connectivity index (χ0n) is 13.2. The second-order valence-corrected chi connectivity index (χ2v) is 6.88. The molecule has 0 radical (unpaired) electrons. The molecule has 2 N–H and O–H groups in total. The van der Waals surface area contributed by atoms with Gasteiger partial charge in [-0.1, -0.05) is 13.8 Å². The molecular formula is C16H25NO3S. The Labute approximate surface area is 131 Å². The summed E-state index contributed by atoms with van der Waals surface area (Å²) in [5.74, 6) is 1.46. The van der Waals surface area contributed by atoms with Crippen LogP contribution in [0, 0.1) is 5.92 Å². The van der Waals surface area contributed by atoms with Gasteiger partial charge in [0.15, 0.2) is 0 Å². The maximum Gasteiger partial charge on any atom is 0.230 e. The van der Waals surface area contributed by atoms with E-state index in [1.165, 1.54) is 11.8 Å². The molecule has 21 heavy (non-hydrogen) atoms. The number of carbonyl (C=O) groups excluding carboxylic acids is 1. The van der Waals surface area contributed by atoms with Crippen LogP contribution < -0.4 is 10.1 Å². The van der Waals surface area contributed by atoms with Crippen molar-refractivity contribution in [1.82, 2.24) is 5.32 Å². The third kappa shape index (κ3) is 7.39. The summed E-state index contributed by atoms with van der Waals surface area (Å²) in [4.78, 5) is 12.8. The lowest BCUT2D eigenvalue weighted by molar-refractivity contribution is -0.119. The molecule has 1 rings (SSSR count). The van der Waals surface area contributed by atoms with Crippen molar-refractivity contribution >= 4 is 17.7 Å². The van der Waals surface area contributed by atoms with E-state index in [4.69, 9.17) is 4.74 Å². The maximum atomic E-state index is 11.8. The molecule has 0 heterocycles. The van der Waals surface area contributed by atoms with Crippen LogP contribution in [-0.4, -0.2) is 36.0 Å². The number of ether oxygens (including phenoxy) is 1. The molecule has 1 unspecified atom stereocenters. The van der Waals surface area contributed by atoms with E-state index in [1.54, 1.807) is 14.0 Å². The highest BCUT2D eigenvalue weighted by atomic mass is 32.2. The largest absolute Gasteiger partial charge is 0.497 e. The molecule has 1 atom stereocenters. The van der Waals surface area contributed by atoms with Crippen LogP contribution >= 0.6 is 11.8 Å². The summed E-state index contributed by atoms with van der Waals surface area (Å²) in [6.45, 7) is 6.14. The van der Waals surface area contributed by atoms with Crippen molar-refractivity contribution in [2.24, 2.45) is 5.92 Å². The number of nitrogens with one attached hydrogen (secondary N) is 1. The predicted molar refractivity (Wildman–Crippen MR) is 86.8 cm³/mol. The first-order valence-corrected chi connectivity index (χ1v) is 8.07. The molecule has 1 aromatic carbocycles. The lowest BCUT2D eigenvalue weighted by atomic mass is 9.94. The summed E-state index contributed by atoms with van der Waals surface area (Å²) in [6.07, 6.45) is 0.666. The van der Waals surface area contributed by atoms with Gasteiger partial charge in [-0.05, 0) is 43.5 Å². The summed E-state index contributed by atoms with van der Waals surface area (Å²) in [7, 11) is 1.62. The highest BCUT2D eigenvalue weighted by Gasteiger charge is 2.22. The highest BCUT2D eigenvalue weighted by molar-refractivity contribution is 8.00. The Morgan fingerprint density at radius 2 is 2.00 bits per heavy atom. The number of benzene rings is 1. The molecule has 0 saturated heterocycles. The fraction of sp³-hybridized carbons (Fsp3) is 0.562. The molecule has 4 nitrogen and oxygen atoms in total. The number of amides is 1. The van der Waals surface area contributed by atoms with Crippen molar-refractivity contribution in [3.8, 4) is 5.75 Å². The topological polar surface area (TPSA) is 58.6 Å². The first kappa shape index (κ1) is 17.9. The zero-order valence-corrected chi connectivity index (χ0v) is 14.0. The average Bonchev–Trinajstić information content (AvgIpc) is 2.42. The summed E-state index contributed by atoms with van der Waals surface area (Å²) in [5.41, 5.74) is -0.853. The second kappa shape index (κ2) is 8.29. The van der Waals surface area contributed by atoms with Gasteiger partial charge in [0, 0.05) is 11.4 Å². The van der Waals surface area contributed by atoms with Gasteiger partial charge in [0.25, 0.3) is 0 Å². The molecule has 0 spiro atoms. The van der Waals surface area contributed by atoms with Crippen LogP contribution in [0.4, 0.5) is 0 Å². The Balaban J connectivity index is 2.33. The monoisotopic (exact) mass is 311 g/mol. The van der Waals surface area contributed by atoms with Crippen LogP contribution in [0.15, 0.2) is 29.2 Å². The Morgan fingerprint density at radius 3 is 2.52 bits per heavy atom. The first-order chi connectivity index (χ1) is 9.82. The summed E-state index contributed by atoms with van der Waals surface area (Å²) >= 11 is 1.46. The van der Waals surface area contributed by atoms with E-state index in [0.29, 0.717) is 18.1 Å². The van der Waals surface area contributed by atoms with Crippen LogP contribution in [0.5, 0.6) is 5.75 Å². The van der Waals surface area contributed by atoms with E-state index in [1.807, 2.05) is 24.3 Å². The van der Waals surface area contributed by atoms with Crippen LogP contribution in [0.2, 0.25) is 0 Å². The molecule has 0 aliphatic rings. The Hall–Kier alpha value is -1.20. The third-order valence-electron chi connectivity index (χ3n) is 2.94. The SMILES string of the molecule is COc1ccc(SCC(=O)NCC(C)(O)CC(C)C)cc1. The number of rotatable bonds is 8. The molecule has 1 aromatic rings. The van der Waals surface area contributed by atoms with Gasteiger partial charge < -0.3 is 15.2 Å². The minimum Gasteiger partial charge on any atom is -0.497 e. The van der Waals surface area contributed by atoms with Crippen molar-refractivity contribution in [3.63, 3.8) is 0 Å². The lowest BCUT2D eigenvalue weighted by Crippen LogP contribution is -2.42. The number of hydrogen-bond donors (Lipinski definition) is 2. The quantitative estimate of drug-likeness (QED) is 0.725. The fourth-order valence-electron chi connectivity index (χ4n) is 2.11.